The number of benzene rings is 1. The third-order valence-corrected chi connectivity index (χ3v) is 4.09. The first-order valence-corrected chi connectivity index (χ1v) is 6.89. The largest absolute Gasteiger partial charge is 0.384 e. The highest BCUT2D eigenvalue weighted by Gasteiger charge is 2.23. The molecule has 4 nitrogen and oxygen atoms in total. The molecule has 2 aliphatic rings. The highest BCUT2D eigenvalue weighted by Crippen LogP contribution is 2.36. The molecule has 4 heteroatoms. The van der Waals surface area contributed by atoms with Crippen LogP contribution in [0.5, 0.6) is 0 Å². The normalized spacial score (nSPS) is 21.4. The van der Waals surface area contributed by atoms with Crippen LogP contribution >= 0.6 is 0 Å². The second kappa shape index (κ2) is 4.38. The lowest BCUT2D eigenvalue weighted by Gasteiger charge is -2.16. The Hall–Kier alpha value is -1.81. The maximum Gasteiger partial charge on any atom is 0.0954 e. The molecule has 0 radical (unpaired) electrons. The fourth-order valence-corrected chi connectivity index (χ4v) is 3.10. The maximum atomic E-state index is 5.50. The fourth-order valence-electron chi connectivity index (χ4n) is 3.10. The van der Waals surface area contributed by atoms with Gasteiger partial charge >= 0.3 is 0 Å². The summed E-state index contributed by atoms with van der Waals surface area (Å²) in [5, 5.41) is 3.50. The molecule has 0 aliphatic carbocycles. The molecule has 2 aromatic rings. The van der Waals surface area contributed by atoms with Crippen molar-refractivity contribution in [2.75, 3.05) is 25.1 Å². The summed E-state index contributed by atoms with van der Waals surface area (Å²) in [5.41, 5.74) is 5.15. The molecule has 3 heterocycles. The predicted octanol–water partition coefficient (Wildman–Crippen LogP) is 2.48. The van der Waals surface area contributed by atoms with Crippen molar-refractivity contribution in [1.82, 2.24) is 9.55 Å². The Labute approximate surface area is 112 Å². The molecular weight excluding hydrogens is 238 g/mol. The smallest absolute Gasteiger partial charge is 0.0954 e. The van der Waals surface area contributed by atoms with Crippen LogP contribution in [0.1, 0.15) is 18.0 Å². The Morgan fingerprint density at radius 2 is 2.37 bits per heavy atom. The van der Waals surface area contributed by atoms with Gasteiger partial charge in [0.25, 0.3) is 0 Å². The van der Waals surface area contributed by atoms with E-state index in [1.54, 1.807) is 0 Å². The Morgan fingerprint density at radius 1 is 1.37 bits per heavy atom. The van der Waals surface area contributed by atoms with Gasteiger partial charge < -0.3 is 14.6 Å². The van der Waals surface area contributed by atoms with Gasteiger partial charge in [-0.2, -0.15) is 0 Å². The van der Waals surface area contributed by atoms with E-state index >= 15 is 0 Å². The fraction of sp³-hybridized carbons (Fsp3) is 0.400. The van der Waals surface area contributed by atoms with E-state index in [1.165, 1.54) is 22.5 Å². The van der Waals surface area contributed by atoms with Crippen molar-refractivity contribution in [1.29, 1.82) is 0 Å². The van der Waals surface area contributed by atoms with Crippen molar-refractivity contribution in [3.63, 3.8) is 0 Å². The topological polar surface area (TPSA) is 39.1 Å². The average Bonchev–Trinajstić information content (AvgIpc) is 3.18. The predicted molar refractivity (Wildman–Crippen MR) is 74.3 cm³/mol. The molecular formula is C15H17N3O. The van der Waals surface area contributed by atoms with Crippen molar-refractivity contribution < 1.29 is 4.74 Å². The minimum atomic E-state index is 0.426. The Bertz CT molecular complexity index is 599. The van der Waals surface area contributed by atoms with Gasteiger partial charge in [0.1, 0.15) is 0 Å². The van der Waals surface area contributed by atoms with E-state index < -0.39 is 0 Å². The SMILES string of the molecule is c1cc2c(c(-c3cncn3C3CCOC3)c1)NCC2. The number of nitrogens with one attached hydrogen (secondary N) is 1. The summed E-state index contributed by atoms with van der Waals surface area (Å²) in [4.78, 5) is 4.35. The highest BCUT2D eigenvalue weighted by atomic mass is 16.5. The lowest BCUT2D eigenvalue weighted by atomic mass is 10.0. The van der Waals surface area contributed by atoms with E-state index in [0.29, 0.717) is 6.04 Å². The summed E-state index contributed by atoms with van der Waals surface area (Å²) in [7, 11) is 0. The number of hydrogen-bond acceptors (Lipinski definition) is 3. The van der Waals surface area contributed by atoms with Gasteiger partial charge in [-0.1, -0.05) is 18.2 Å². The molecule has 0 spiro atoms. The Morgan fingerprint density at radius 3 is 3.26 bits per heavy atom. The van der Waals surface area contributed by atoms with Gasteiger partial charge in [0.2, 0.25) is 0 Å². The molecule has 1 aromatic carbocycles. The molecule has 1 unspecified atom stereocenters. The average molecular weight is 255 g/mol. The van der Waals surface area contributed by atoms with E-state index in [0.717, 1.165) is 32.6 Å². The number of aromatic nitrogens is 2. The lowest BCUT2D eigenvalue weighted by Crippen LogP contribution is -2.09. The number of imidazole rings is 1. The molecule has 1 saturated heterocycles. The molecule has 0 saturated carbocycles. The van der Waals surface area contributed by atoms with Gasteiger partial charge in [0, 0.05) is 24.4 Å². The maximum absolute atomic E-state index is 5.50. The number of hydrogen-bond donors (Lipinski definition) is 1. The van der Waals surface area contributed by atoms with Crippen LogP contribution in [-0.2, 0) is 11.2 Å². The van der Waals surface area contributed by atoms with E-state index in [4.69, 9.17) is 4.74 Å². The van der Waals surface area contributed by atoms with Crippen LogP contribution in [0.15, 0.2) is 30.7 Å². The molecule has 0 amide bonds. The van der Waals surface area contributed by atoms with E-state index in [2.05, 4.69) is 33.1 Å². The van der Waals surface area contributed by atoms with Gasteiger partial charge in [0.15, 0.2) is 0 Å². The van der Waals surface area contributed by atoms with E-state index in [9.17, 15) is 0 Å². The van der Waals surface area contributed by atoms with E-state index in [1.807, 2.05) is 12.5 Å². The van der Waals surface area contributed by atoms with Crippen LogP contribution in [0.25, 0.3) is 11.3 Å². The highest BCUT2D eigenvalue weighted by molar-refractivity contribution is 5.79. The third kappa shape index (κ3) is 1.75. The van der Waals surface area contributed by atoms with Crippen LogP contribution in [0, 0.1) is 0 Å². The number of fused-ring (bicyclic) bond motifs is 1. The zero-order valence-corrected chi connectivity index (χ0v) is 10.8. The van der Waals surface area contributed by atoms with Crippen LogP contribution in [0.4, 0.5) is 5.69 Å². The van der Waals surface area contributed by atoms with Crippen molar-refractivity contribution in [3.05, 3.63) is 36.3 Å². The zero-order chi connectivity index (χ0) is 12.7. The van der Waals surface area contributed by atoms with E-state index in [-0.39, 0.29) is 0 Å². The number of ether oxygens (including phenoxy) is 1. The van der Waals surface area contributed by atoms with Crippen molar-refractivity contribution in [2.24, 2.45) is 0 Å². The summed E-state index contributed by atoms with van der Waals surface area (Å²) in [6.07, 6.45) is 6.09. The summed E-state index contributed by atoms with van der Waals surface area (Å²) >= 11 is 0. The Balaban J connectivity index is 1.81. The van der Waals surface area contributed by atoms with Crippen molar-refractivity contribution >= 4 is 5.69 Å². The first kappa shape index (κ1) is 11.1. The zero-order valence-electron chi connectivity index (χ0n) is 10.8. The molecule has 98 valence electrons. The minimum Gasteiger partial charge on any atom is -0.384 e. The van der Waals surface area contributed by atoms with Gasteiger partial charge in [-0.3, -0.25) is 0 Å². The molecule has 1 aromatic heterocycles. The number of para-hydroxylation sites is 1. The monoisotopic (exact) mass is 255 g/mol. The van der Waals surface area contributed by atoms with Gasteiger partial charge in [-0.25, -0.2) is 4.98 Å². The molecule has 1 N–H and O–H groups in total. The van der Waals surface area contributed by atoms with Crippen molar-refractivity contribution in [3.8, 4) is 11.3 Å². The number of rotatable bonds is 2. The summed E-state index contributed by atoms with van der Waals surface area (Å²) < 4.78 is 7.77. The van der Waals surface area contributed by atoms with Gasteiger partial charge in [-0.15, -0.1) is 0 Å². The molecule has 0 bridgehead atoms. The molecule has 19 heavy (non-hydrogen) atoms. The third-order valence-electron chi connectivity index (χ3n) is 4.09. The quantitative estimate of drug-likeness (QED) is 0.896. The summed E-state index contributed by atoms with van der Waals surface area (Å²) in [6, 6.07) is 6.96. The second-order valence-corrected chi connectivity index (χ2v) is 5.22. The summed E-state index contributed by atoms with van der Waals surface area (Å²) in [5.74, 6) is 0. The van der Waals surface area contributed by atoms with Gasteiger partial charge in [0.05, 0.1) is 30.9 Å². The molecule has 2 aliphatic heterocycles. The van der Waals surface area contributed by atoms with Gasteiger partial charge in [-0.05, 0) is 18.4 Å². The molecule has 1 fully saturated rings. The number of anilines is 1. The number of nitrogens with zero attached hydrogens (tertiary/aromatic N) is 2. The second-order valence-electron chi connectivity index (χ2n) is 5.22. The first-order valence-electron chi connectivity index (χ1n) is 6.89. The lowest BCUT2D eigenvalue weighted by molar-refractivity contribution is 0.187. The standard InChI is InChI=1S/C15H17N3O/c1-2-11-4-6-17-15(11)13(3-1)14-8-16-10-18(14)12-5-7-19-9-12/h1-3,8,10,12,17H,4-7,9H2. The van der Waals surface area contributed by atoms with Crippen LogP contribution in [-0.4, -0.2) is 29.3 Å². The van der Waals surface area contributed by atoms with Crippen LogP contribution < -0.4 is 5.32 Å². The molecule has 4 rings (SSSR count). The summed E-state index contributed by atoms with van der Waals surface area (Å²) in [6.45, 7) is 2.69. The van der Waals surface area contributed by atoms with Crippen LogP contribution in [0.3, 0.4) is 0 Å². The van der Waals surface area contributed by atoms with Crippen LogP contribution in [0.2, 0.25) is 0 Å². The molecule has 1 atom stereocenters. The first-order chi connectivity index (χ1) is 9.43. The van der Waals surface area contributed by atoms with Crippen molar-refractivity contribution in [2.45, 2.75) is 18.9 Å². The Kier molecular flexibility index (Phi) is 2.55. The minimum absolute atomic E-state index is 0.426.